The Morgan fingerprint density at radius 2 is 1.61 bits per heavy atom. The Kier molecular flexibility index (Phi) is 5.81. The van der Waals surface area contributed by atoms with E-state index < -0.39 is 5.25 Å². The summed E-state index contributed by atoms with van der Waals surface area (Å²) in [5.74, 6) is 0.120. The molecule has 1 atom stereocenters. The van der Waals surface area contributed by atoms with E-state index >= 15 is 0 Å². The number of para-hydroxylation sites is 1. The van der Waals surface area contributed by atoms with Gasteiger partial charge in [0.25, 0.3) is 5.56 Å². The van der Waals surface area contributed by atoms with E-state index in [4.69, 9.17) is 4.98 Å². The van der Waals surface area contributed by atoms with Crippen molar-refractivity contribution in [1.29, 1.82) is 0 Å². The summed E-state index contributed by atoms with van der Waals surface area (Å²) < 4.78 is 1.88. The molecule has 2 aromatic carbocycles. The minimum atomic E-state index is -0.403. The van der Waals surface area contributed by atoms with Crippen molar-refractivity contribution >= 4 is 28.6 Å². The first-order valence-electron chi connectivity index (χ1n) is 11.2. The molecule has 2 heterocycles. The van der Waals surface area contributed by atoms with Crippen molar-refractivity contribution in [3.8, 4) is 0 Å². The number of likely N-dealkylation sites (tertiary alicyclic amines) is 1. The van der Waals surface area contributed by atoms with Gasteiger partial charge >= 0.3 is 0 Å². The Morgan fingerprint density at radius 3 is 2.35 bits per heavy atom. The van der Waals surface area contributed by atoms with Gasteiger partial charge < -0.3 is 4.90 Å². The van der Waals surface area contributed by atoms with Gasteiger partial charge in [-0.15, -0.1) is 0 Å². The fourth-order valence-corrected chi connectivity index (χ4v) is 6.04. The minimum absolute atomic E-state index is 0.0143. The summed E-state index contributed by atoms with van der Waals surface area (Å²) in [6, 6.07) is 17.6. The van der Waals surface area contributed by atoms with Gasteiger partial charge in [-0.25, -0.2) is 4.98 Å². The summed E-state index contributed by atoms with van der Waals surface area (Å²) >= 11 is 1.44. The van der Waals surface area contributed by atoms with Gasteiger partial charge in [-0.05, 0) is 43.4 Å². The summed E-state index contributed by atoms with van der Waals surface area (Å²) in [7, 11) is 0. The average Bonchev–Trinajstić information content (AvgIpc) is 3.52. The molecule has 1 saturated carbocycles. The molecule has 0 bridgehead atoms. The number of carbonyl (C=O) groups excluding carboxylic acids is 1. The maximum absolute atomic E-state index is 13.5. The lowest BCUT2D eigenvalue weighted by Gasteiger charge is -2.25. The molecule has 31 heavy (non-hydrogen) atoms. The van der Waals surface area contributed by atoms with Crippen LogP contribution >= 0.6 is 11.8 Å². The predicted molar refractivity (Wildman–Crippen MR) is 124 cm³/mol. The number of nitrogens with zero attached hydrogens (tertiary/aromatic N) is 3. The first-order chi connectivity index (χ1) is 15.2. The molecule has 5 nitrogen and oxygen atoms in total. The van der Waals surface area contributed by atoms with Crippen LogP contribution in [0.25, 0.3) is 10.9 Å². The highest BCUT2D eigenvalue weighted by Gasteiger charge is 2.32. The van der Waals surface area contributed by atoms with Gasteiger partial charge in [-0.1, -0.05) is 67.1 Å². The smallest absolute Gasteiger partial charge is 0.262 e. The van der Waals surface area contributed by atoms with Crippen LogP contribution in [0.1, 0.15) is 55.4 Å². The lowest BCUT2D eigenvalue weighted by Crippen LogP contribution is -2.32. The molecule has 3 aromatic rings. The molecule has 5 rings (SSSR count). The number of rotatable bonds is 5. The Hall–Kier alpha value is -2.60. The van der Waals surface area contributed by atoms with Crippen LogP contribution < -0.4 is 5.56 Å². The lowest BCUT2D eigenvalue weighted by atomic mass is 10.1. The van der Waals surface area contributed by atoms with E-state index in [2.05, 4.69) is 0 Å². The third-order valence-corrected chi connectivity index (χ3v) is 7.64. The summed E-state index contributed by atoms with van der Waals surface area (Å²) in [4.78, 5) is 33.9. The molecule has 0 radical (unpaired) electrons. The number of hydrogen-bond acceptors (Lipinski definition) is 4. The Balaban J connectivity index is 1.61. The van der Waals surface area contributed by atoms with Crippen LogP contribution in [0.4, 0.5) is 0 Å². The molecule has 1 aromatic heterocycles. The standard InChI is InChI=1S/C25H27N3O2S/c29-23-20-14-6-7-15-21(20)26-25(28(23)19-12-4-5-13-19)31-22(18-10-2-1-3-11-18)24(30)27-16-8-9-17-27/h1-3,6-7,10-11,14-15,19,22H,4-5,8-9,12-13,16-17H2. The molecular formula is C25H27N3O2S. The van der Waals surface area contributed by atoms with Crippen molar-refractivity contribution in [3.05, 3.63) is 70.5 Å². The first kappa shape index (κ1) is 20.3. The van der Waals surface area contributed by atoms with Crippen molar-refractivity contribution in [3.63, 3.8) is 0 Å². The number of hydrogen-bond donors (Lipinski definition) is 0. The van der Waals surface area contributed by atoms with Crippen LogP contribution in [0.5, 0.6) is 0 Å². The van der Waals surface area contributed by atoms with Crippen molar-refractivity contribution in [2.75, 3.05) is 13.1 Å². The van der Waals surface area contributed by atoms with Crippen LogP contribution in [0, 0.1) is 0 Å². The molecule has 2 aliphatic rings. The fourth-order valence-electron chi connectivity index (χ4n) is 4.79. The van der Waals surface area contributed by atoms with E-state index in [1.54, 1.807) is 0 Å². The second-order valence-corrected chi connectivity index (χ2v) is 9.54. The molecule has 1 aliphatic carbocycles. The number of carbonyl (C=O) groups is 1. The zero-order chi connectivity index (χ0) is 21.2. The molecule has 1 unspecified atom stereocenters. The summed E-state index contributed by atoms with van der Waals surface area (Å²) in [5.41, 5.74) is 1.68. The van der Waals surface area contributed by atoms with Gasteiger partial charge in [0.15, 0.2) is 5.16 Å². The van der Waals surface area contributed by atoms with Crippen LogP contribution in [-0.2, 0) is 4.79 Å². The molecule has 160 valence electrons. The normalized spacial score (nSPS) is 18.0. The Morgan fingerprint density at radius 1 is 0.935 bits per heavy atom. The minimum Gasteiger partial charge on any atom is -0.341 e. The second kappa shape index (κ2) is 8.87. The molecule has 1 saturated heterocycles. The first-order valence-corrected chi connectivity index (χ1v) is 12.1. The molecule has 1 amide bonds. The third kappa shape index (κ3) is 4.01. The van der Waals surface area contributed by atoms with Crippen LogP contribution in [0.2, 0.25) is 0 Å². The summed E-state index contributed by atoms with van der Waals surface area (Å²) in [6.07, 6.45) is 6.34. The van der Waals surface area contributed by atoms with E-state index in [1.807, 2.05) is 64.1 Å². The number of benzene rings is 2. The molecule has 6 heteroatoms. The van der Waals surface area contributed by atoms with E-state index in [0.29, 0.717) is 16.1 Å². The SMILES string of the molecule is O=C(C(Sc1nc2ccccc2c(=O)n1C1CCCC1)c1ccccc1)N1CCCC1. The van der Waals surface area contributed by atoms with E-state index in [-0.39, 0.29) is 17.5 Å². The van der Waals surface area contributed by atoms with E-state index in [9.17, 15) is 9.59 Å². The third-order valence-electron chi connectivity index (χ3n) is 6.43. The van der Waals surface area contributed by atoms with E-state index in [0.717, 1.165) is 57.2 Å². The van der Waals surface area contributed by atoms with Crippen LogP contribution in [-0.4, -0.2) is 33.4 Å². The molecule has 0 spiro atoms. The van der Waals surface area contributed by atoms with Crippen molar-refractivity contribution in [2.24, 2.45) is 0 Å². The molecule has 1 aliphatic heterocycles. The molecule has 0 N–H and O–H groups in total. The van der Waals surface area contributed by atoms with Crippen molar-refractivity contribution in [2.45, 2.75) is 55.0 Å². The number of fused-ring (bicyclic) bond motifs is 1. The number of aromatic nitrogens is 2. The Bertz CT molecular complexity index is 1130. The Labute approximate surface area is 186 Å². The maximum Gasteiger partial charge on any atom is 0.262 e. The average molecular weight is 434 g/mol. The molecular weight excluding hydrogens is 406 g/mol. The summed E-state index contributed by atoms with van der Waals surface area (Å²) in [6.45, 7) is 1.62. The zero-order valence-corrected chi connectivity index (χ0v) is 18.4. The van der Waals surface area contributed by atoms with Crippen LogP contribution in [0.3, 0.4) is 0 Å². The second-order valence-electron chi connectivity index (χ2n) is 8.47. The fraction of sp³-hybridized carbons (Fsp3) is 0.400. The van der Waals surface area contributed by atoms with Gasteiger partial charge in [0.05, 0.1) is 10.9 Å². The van der Waals surface area contributed by atoms with Gasteiger partial charge in [0, 0.05) is 19.1 Å². The topological polar surface area (TPSA) is 55.2 Å². The molecule has 2 fully saturated rings. The summed E-state index contributed by atoms with van der Waals surface area (Å²) in [5, 5.41) is 0.915. The predicted octanol–water partition coefficient (Wildman–Crippen LogP) is 4.97. The van der Waals surface area contributed by atoms with E-state index in [1.165, 1.54) is 11.8 Å². The van der Waals surface area contributed by atoms with Crippen LogP contribution in [0.15, 0.2) is 64.5 Å². The number of amides is 1. The highest BCUT2D eigenvalue weighted by Crippen LogP contribution is 2.39. The van der Waals surface area contributed by atoms with Gasteiger partial charge in [-0.3, -0.25) is 14.2 Å². The number of thioether (sulfide) groups is 1. The highest BCUT2D eigenvalue weighted by molar-refractivity contribution is 8.00. The maximum atomic E-state index is 13.5. The monoisotopic (exact) mass is 433 g/mol. The van der Waals surface area contributed by atoms with Crippen molar-refractivity contribution in [1.82, 2.24) is 14.5 Å². The largest absolute Gasteiger partial charge is 0.341 e. The van der Waals surface area contributed by atoms with Gasteiger partial charge in [0.2, 0.25) is 5.91 Å². The van der Waals surface area contributed by atoms with Gasteiger partial charge in [0.1, 0.15) is 5.25 Å². The quantitative estimate of drug-likeness (QED) is 0.421. The van der Waals surface area contributed by atoms with Gasteiger partial charge in [-0.2, -0.15) is 0 Å². The van der Waals surface area contributed by atoms with Crippen molar-refractivity contribution < 1.29 is 4.79 Å². The lowest BCUT2D eigenvalue weighted by molar-refractivity contribution is -0.129. The zero-order valence-electron chi connectivity index (χ0n) is 17.6. The highest BCUT2D eigenvalue weighted by atomic mass is 32.2.